The number of amides is 1. The second kappa shape index (κ2) is 5.50. The van der Waals surface area contributed by atoms with Gasteiger partial charge in [0, 0.05) is 6.61 Å². The van der Waals surface area contributed by atoms with Crippen molar-refractivity contribution in [3.63, 3.8) is 0 Å². The lowest BCUT2D eigenvalue weighted by molar-refractivity contribution is 0.0331. The van der Waals surface area contributed by atoms with Crippen LogP contribution in [0.2, 0.25) is 0 Å². The van der Waals surface area contributed by atoms with E-state index in [1.165, 1.54) is 0 Å². The van der Waals surface area contributed by atoms with Gasteiger partial charge in [0.05, 0.1) is 12.1 Å². The maximum atomic E-state index is 10.8. The predicted molar refractivity (Wildman–Crippen MR) is 61.3 cm³/mol. The molecule has 4 N–H and O–H groups in total. The van der Waals surface area contributed by atoms with E-state index in [9.17, 15) is 9.90 Å². The second-order valence-corrected chi connectivity index (χ2v) is 5.41. The molecule has 5 heteroatoms. The molecule has 0 aromatic rings. The van der Waals surface area contributed by atoms with Crippen LogP contribution in [-0.2, 0) is 0 Å². The van der Waals surface area contributed by atoms with Crippen LogP contribution in [0.4, 0.5) is 4.79 Å². The molecule has 0 unspecified atom stereocenters. The second-order valence-electron chi connectivity index (χ2n) is 5.41. The molecule has 0 spiro atoms. The van der Waals surface area contributed by atoms with Gasteiger partial charge in [0.1, 0.15) is 0 Å². The molecule has 0 fully saturated rings. The van der Waals surface area contributed by atoms with Crippen LogP contribution in [-0.4, -0.2) is 40.2 Å². The largest absolute Gasteiger partial charge is 0.465 e. The molecule has 16 heavy (non-hydrogen) atoms. The van der Waals surface area contributed by atoms with Gasteiger partial charge < -0.3 is 20.6 Å². The summed E-state index contributed by atoms with van der Waals surface area (Å²) < 4.78 is 0. The third-order valence-corrected chi connectivity index (χ3v) is 3.06. The lowest BCUT2D eigenvalue weighted by Crippen LogP contribution is -2.60. The molecular weight excluding hydrogens is 210 g/mol. The first-order chi connectivity index (χ1) is 7.18. The van der Waals surface area contributed by atoms with Crippen LogP contribution in [0, 0.1) is 11.3 Å². The fourth-order valence-corrected chi connectivity index (χ4v) is 1.75. The van der Waals surface area contributed by atoms with Gasteiger partial charge in [0.15, 0.2) is 0 Å². The highest BCUT2D eigenvalue weighted by Crippen LogP contribution is 2.35. The summed E-state index contributed by atoms with van der Waals surface area (Å²) in [6.45, 7) is 7.10. The number of aliphatic hydroxyl groups is 2. The fourth-order valence-electron chi connectivity index (χ4n) is 1.75. The Hall–Kier alpha value is -0.810. The molecule has 0 rings (SSSR count). The minimum Gasteiger partial charge on any atom is -0.465 e. The van der Waals surface area contributed by atoms with Crippen LogP contribution >= 0.6 is 0 Å². The van der Waals surface area contributed by atoms with Gasteiger partial charge in [-0.05, 0) is 17.8 Å². The summed E-state index contributed by atoms with van der Waals surface area (Å²) in [7, 11) is 0. The van der Waals surface area contributed by atoms with Crippen LogP contribution in [0.1, 0.15) is 34.1 Å². The summed E-state index contributed by atoms with van der Waals surface area (Å²) in [6.07, 6.45) is -0.760. The number of carbonyl (C=O) groups is 1. The smallest absolute Gasteiger partial charge is 0.405 e. The van der Waals surface area contributed by atoms with E-state index < -0.39 is 17.0 Å². The van der Waals surface area contributed by atoms with Gasteiger partial charge >= 0.3 is 6.09 Å². The minimum absolute atomic E-state index is 0.0286. The number of carboxylic acid groups (broad SMARTS) is 1. The van der Waals surface area contributed by atoms with Crippen molar-refractivity contribution >= 4 is 6.09 Å². The van der Waals surface area contributed by atoms with Crippen molar-refractivity contribution in [1.82, 2.24) is 5.32 Å². The van der Waals surface area contributed by atoms with Crippen molar-refractivity contribution in [2.24, 2.45) is 11.3 Å². The molecule has 0 saturated heterocycles. The van der Waals surface area contributed by atoms with E-state index in [0.717, 1.165) is 0 Å². The topological polar surface area (TPSA) is 89.8 Å². The zero-order valence-corrected chi connectivity index (χ0v) is 10.4. The Morgan fingerprint density at radius 3 is 2.06 bits per heavy atom. The number of hydrogen-bond acceptors (Lipinski definition) is 3. The highest BCUT2D eigenvalue weighted by Gasteiger charge is 2.43. The van der Waals surface area contributed by atoms with Gasteiger partial charge in [-0.25, -0.2) is 4.79 Å². The molecule has 0 aliphatic heterocycles. The molecule has 2 atom stereocenters. The molecule has 0 aromatic carbocycles. The van der Waals surface area contributed by atoms with E-state index >= 15 is 0 Å². The molecule has 0 aliphatic rings. The summed E-state index contributed by atoms with van der Waals surface area (Å²) in [5, 5.41) is 29.8. The zero-order valence-electron chi connectivity index (χ0n) is 10.4. The molecule has 0 saturated carbocycles. The van der Waals surface area contributed by atoms with Crippen molar-refractivity contribution in [2.45, 2.75) is 39.7 Å². The Morgan fingerprint density at radius 1 is 1.31 bits per heavy atom. The van der Waals surface area contributed by atoms with Gasteiger partial charge in [0.2, 0.25) is 0 Å². The highest BCUT2D eigenvalue weighted by molar-refractivity contribution is 5.65. The van der Waals surface area contributed by atoms with E-state index in [0.29, 0.717) is 6.42 Å². The standard InChI is InChI=1S/C11H23NO4/c1-8(6-13)5-11(7-14,10(2,3)4)12-9(15)16/h8,12-14H,5-7H2,1-4H3,(H,15,16)/t8-,11+/m1/s1. The van der Waals surface area contributed by atoms with E-state index in [4.69, 9.17) is 10.2 Å². The third-order valence-electron chi connectivity index (χ3n) is 3.06. The fraction of sp³-hybridized carbons (Fsp3) is 0.909. The molecule has 96 valence electrons. The van der Waals surface area contributed by atoms with Crippen molar-refractivity contribution < 1.29 is 20.1 Å². The molecular formula is C11H23NO4. The first-order valence-electron chi connectivity index (χ1n) is 5.41. The Kier molecular flexibility index (Phi) is 5.22. The molecule has 0 bridgehead atoms. The van der Waals surface area contributed by atoms with E-state index in [2.05, 4.69) is 5.32 Å². The third kappa shape index (κ3) is 3.64. The highest BCUT2D eigenvalue weighted by atomic mass is 16.4. The van der Waals surface area contributed by atoms with Gasteiger partial charge in [-0.2, -0.15) is 0 Å². The lowest BCUT2D eigenvalue weighted by atomic mass is 9.69. The first kappa shape index (κ1) is 15.2. The number of nitrogens with one attached hydrogen (secondary N) is 1. The lowest BCUT2D eigenvalue weighted by Gasteiger charge is -2.44. The maximum Gasteiger partial charge on any atom is 0.405 e. The number of hydrogen-bond donors (Lipinski definition) is 4. The maximum absolute atomic E-state index is 10.8. The molecule has 0 aromatic heterocycles. The minimum atomic E-state index is -1.16. The van der Waals surface area contributed by atoms with Crippen molar-refractivity contribution in [3.05, 3.63) is 0 Å². The number of rotatable bonds is 5. The van der Waals surface area contributed by atoms with Crippen LogP contribution < -0.4 is 5.32 Å². The van der Waals surface area contributed by atoms with Crippen LogP contribution in [0.15, 0.2) is 0 Å². The van der Waals surface area contributed by atoms with E-state index in [1.54, 1.807) is 0 Å². The average Bonchev–Trinajstić information content (AvgIpc) is 2.13. The molecule has 0 aliphatic carbocycles. The molecule has 0 heterocycles. The van der Waals surface area contributed by atoms with Gasteiger partial charge in [-0.15, -0.1) is 0 Å². The predicted octanol–water partition coefficient (Wildman–Crippen LogP) is 1.05. The first-order valence-corrected chi connectivity index (χ1v) is 5.41. The summed E-state index contributed by atoms with van der Waals surface area (Å²) in [4.78, 5) is 10.8. The van der Waals surface area contributed by atoms with Gasteiger partial charge in [-0.3, -0.25) is 0 Å². The van der Waals surface area contributed by atoms with Crippen molar-refractivity contribution in [3.8, 4) is 0 Å². The quantitative estimate of drug-likeness (QED) is 0.571. The SMILES string of the molecule is C[C@@H](CO)C[C@@](CO)(NC(=O)O)C(C)(C)C. The average molecular weight is 233 g/mol. The summed E-state index contributed by atoms with van der Waals surface area (Å²) in [5.41, 5.74) is -1.36. The normalized spacial score (nSPS) is 17.6. The summed E-state index contributed by atoms with van der Waals surface area (Å²) >= 11 is 0. The Balaban J connectivity index is 5.04. The zero-order chi connectivity index (χ0) is 13.0. The van der Waals surface area contributed by atoms with Gasteiger partial charge in [0.25, 0.3) is 0 Å². The monoisotopic (exact) mass is 233 g/mol. The molecule has 0 radical (unpaired) electrons. The molecule has 1 amide bonds. The molecule has 5 nitrogen and oxygen atoms in total. The Labute approximate surface area is 96.5 Å². The van der Waals surface area contributed by atoms with Crippen LogP contribution in [0.3, 0.4) is 0 Å². The number of aliphatic hydroxyl groups excluding tert-OH is 2. The Bertz CT molecular complexity index is 237. The Morgan fingerprint density at radius 2 is 1.81 bits per heavy atom. The summed E-state index contributed by atoms with van der Waals surface area (Å²) in [6, 6.07) is 0. The van der Waals surface area contributed by atoms with E-state index in [-0.39, 0.29) is 19.1 Å². The summed E-state index contributed by atoms with van der Waals surface area (Å²) in [5.74, 6) is -0.0711. The van der Waals surface area contributed by atoms with Crippen molar-refractivity contribution in [1.29, 1.82) is 0 Å². The van der Waals surface area contributed by atoms with Crippen LogP contribution in [0.5, 0.6) is 0 Å². The van der Waals surface area contributed by atoms with Crippen LogP contribution in [0.25, 0.3) is 0 Å². The van der Waals surface area contributed by atoms with Gasteiger partial charge in [-0.1, -0.05) is 27.7 Å². The van der Waals surface area contributed by atoms with E-state index in [1.807, 2.05) is 27.7 Å². The van der Waals surface area contributed by atoms with Crippen molar-refractivity contribution in [2.75, 3.05) is 13.2 Å².